The zero-order valence-electron chi connectivity index (χ0n) is 13.3. The molecule has 2 heterocycles. The number of nitrogens with zero attached hydrogens (tertiary/aromatic N) is 2. The molecule has 1 aromatic carbocycles. The Labute approximate surface area is 148 Å². The Morgan fingerprint density at radius 2 is 2.04 bits per heavy atom. The molecular weight excluding hydrogens is 326 g/mol. The molecule has 4 rings (SSSR count). The molecular formula is C18H24ClN3S. The summed E-state index contributed by atoms with van der Waals surface area (Å²) in [5.41, 5.74) is 9.35. The van der Waals surface area contributed by atoms with Crippen LogP contribution in [0.15, 0.2) is 30.5 Å². The summed E-state index contributed by atoms with van der Waals surface area (Å²) in [6.45, 7) is 3.38. The third-order valence-corrected chi connectivity index (χ3v) is 6.11. The standard InChI is InChI=1S/C18H23N3S.ClH/c19-17-20-11-15(22-17)12-21-10-4-9-18(13-21)8-3-6-14-5-1-2-7-16(14)18;/h1-2,5,7,11H,3-4,6,8-10,12-13H2,(H2,19,20);1H. The van der Waals surface area contributed by atoms with Gasteiger partial charge >= 0.3 is 0 Å². The summed E-state index contributed by atoms with van der Waals surface area (Å²) in [7, 11) is 0. The summed E-state index contributed by atoms with van der Waals surface area (Å²) in [6, 6.07) is 9.12. The van der Waals surface area contributed by atoms with E-state index in [0.717, 1.165) is 6.54 Å². The van der Waals surface area contributed by atoms with Crippen molar-refractivity contribution in [2.45, 2.75) is 44.1 Å². The molecule has 124 valence electrons. The number of nitrogens with two attached hydrogens (primary N) is 1. The quantitative estimate of drug-likeness (QED) is 0.890. The van der Waals surface area contributed by atoms with E-state index in [1.54, 1.807) is 22.5 Å². The van der Waals surface area contributed by atoms with Gasteiger partial charge in [-0.05, 0) is 49.8 Å². The minimum absolute atomic E-state index is 0. The van der Waals surface area contributed by atoms with E-state index in [4.69, 9.17) is 5.73 Å². The molecule has 2 N–H and O–H groups in total. The molecule has 0 radical (unpaired) electrons. The number of thiazole rings is 1. The average molecular weight is 350 g/mol. The maximum absolute atomic E-state index is 5.77. The van der Waals surface area contributed by atoms with E-state index in [1.165, 1.54) is 50.1 Å². The number of fused-ring (bicyclic) bond motifs is 2. The molecule has 1 spiro atoms. The maximum atomic E-state index is 5.77. The van der Waals surface area contributed by atoms with Crippen LogP contribution in [0.5, 0.6) is 0 Å². The van der Waals surface area contributed by atoms with E-state index in [9.17, 15) is 0 Å². The number of aryl methyl sites for hydroxylation is 1. The molecule has 3 nitrogen and oxygen atoms in total. The van der Waals surface area contributed by atoms with Crippen molar-refractivity contribution < 1.29 is 0 Å². The summed E-state index contributed by atoms with van der Waals surface area (Å²) < 4.78 is 0. The second-order valence-corrected chi connectivity index (χ2v) is 7.92. The number of rotatable bonds is 2. The summed E-state index contributed by atoms with van der Waals surface area (Å²) >= 11 is 1.63. The fourth-order valence-corrected chi connectivity index (χ4v) is 5.14. The molecule has 5 heteroatoms. The molecule has 1 aliphatic heterocycles. The number of aromatic nitrogens is 1. The predicted octanol–water partition coefficient (Wildman–Crippen LogP) is 4.02. The number of halogens is 1. The predicted molar refractivity (Wildman–Crippen MR) is 99.3 cm³/mol. The first-order valence-electron chi connectivity index (χ1n) is 8.26. The van der Waals surface area contributed by atoms with Gasteiger partial charge < -0.3 is 5.73 Å². The van der Waals surface area contributed by atoms with Gasteiger partial charge in [-0.3, -0.25) is 4.90 Å². The van der Waals surface area contributed by atoms with Crippen molar-refractivity contribution >= 4 is 28.9 Å². The van der Waals surface area contributed by atoms with E-state index in [2.05, 4.69) is 34.1 Å². The van der Waals surface area contributed by atoms with Gasteiger partial charge in [-0.1, -0.05) is 24.3 Å². The lowest BCUT2D eigenvalue weighted by Crippen LogP contribution is -2.47. The van der Waals surface area contributed by atoms with E-state index >= 15 is 0 Å². The Morgan fingerprint density at radius 1 is 1.22 bits per heavy atom. The van der Waals surface area contributed by atoms with Crippen molar-refractivity contribution in [2.24, 2.45) is 0 Å². The largest absolute Gasteiger partial charge is 0.375 e. The lowest BCUT2D eigenvalue weighted by atomic mass is 9.66. The molecule has 2 aliphatic rings. The Balaban J connectivity index is 0.00000156. The first-order chi connectivity index (χ1) is 10.8. The van der Waals surface area contributed by atoms with Crippen LogP contribution in [0.1, 0.15) is 41.7 Å². The van der Waals surface area contributed by atoms with Gasteiger partial charge in [0.2, 0.25) is 0 Å². The van der Waals surface area contributed by atoms with Gasteiger partial charge in [-0.25, -0.2) is 4.98 Å². The highest BCUT2D eigenvalue weighted by atomic mass is 35.5. The van der Waals surface area contributed by atoms with Crippen LogP contribution in [0.2, 0.25) is 0 Å². The molecule has 0 amide bonds. The van der Waals surface area contributed by atoms with Crippen LogP contribution in [-0.2, 0) is 18.4 Å². The van der Waals surface area contributed by atoms with Crippen molar-refractivity contribution in [3.05, 3.63) is 46.5 Å². The van der Waals surface area contributed by atoms with Crippen LogP contribution < -0.4 is 5.73 Å². The maximum Gasteiger partial charge on any atom is 0.180 e. The van der Waals surface area contributed by atoms with Gasteiger partial charge in [-0.2, -0.15) is 0 Å². The van der Waals surface area contributed by atoms with Gasteiger partial charge in [0.05, 0.1) is 0 Å². The topological polar surface area (TPSA) is 42.1 Å². The molecule has 1 fully saturated rings. The summed E-state index contributed by atoms with van der Waals surface area (Å²) in [5.74, 6) is 0. The number of nitrogen functional groups attached to an aromatic ring is 1. The lowest BCUT2D eigenvalue weighted by molar-refractivity contribution is 0.126. The third-order valence-electron chi connectivity index (χ3n) is 5.30. The van der Waals surface area contributed by atoms with E-state index in [-0.39, 0.29) is 12.4 Å². The zero-order valence-corrected chi connectivity index (χ0v) is 15.0. The highest BCUT2D eigenvalue weighted by Gasteiger charge is 2.39. The molecule has 1 aromatic heterocycles. The first kappa shape index (κ1) is 16.7. The van der Waals surface area contributed by atoms with Crippen molar-refractivity contribution in [2.75, 3.05) is 18.8 Å². The third kappa shape index (κ3) is 3.25. The Morgan fingerprint density at radius 3 is 2.87 bits per heavy atom. The van der Waals surface area contributed by atoms with Gasteiger partial charge in [0.15, 0.2) is 5.13 Å². The number of piperidine rings is 1. The zero-order chi connectivity index (χ0) is 15.0. The molecule has 1 unspecified atom stereocenters. The number of hydrogen-bond acceptors (Lipinski definition) is 4. The molecule has 1 saturated heterocycles. The van der Waals surface area contributed by atoms with Crippen LogP contribution in [0.4, 0.5) is 5.13 Å². The normalized spacial score (nSPS) is 24.2. The summed E-state index contributed by atoms with van der Waals surface area (Å²) in [6.07, 6.45) is 8.50. The van der Waals surface area contributed by atoms with E-state index < -0.39 is 0 Å². The van der Waals surface area contributed by atoms with Gasteiger partial charge in [0.1, 0.15) is 0 Å². The second-order valence-electron chi connectivity index (χ2n) is 6.77. The fraction of sp³-hybridized carbons (Fsp3) is 0.500. The van der Waals surface area contributed by atoms with Crippen molar-refractivity contribution in [3.8, 4) is 0 Å². The van der Waals surface area contributed by atoms with Crippen molar-refractivity contribution in [3.63, 3.8) is 0 Å². The van der Waals surface area contributed by atoms with Crippen LogP contribution in [0.3, 0.4) is 0 Å². The average Bonchev–Trinajstić information content (AvgIpc) is 2.93. The van der Waals surface area contributed by atoms with Gasteiger partial charge in [0, 0.05) is 29.6 Å². The number of hydrogen-bond donors (Lipinski definition) is 1. The highest BCUT2D eigenvalue weighted by Crippen LogP contribution is 2.43. The molecule has 2 aromatic rings. The van der Waals surface area contributed by atoms with Crippen LogP contribution >= 0.6 is 23.7 Å². The van der Waals surface area contributed by atoms with Crippen LogP contribution in [-0.4, -0.2) is 23.0 Å². The fourth-order valence-electron chi connectivity index (χ4n) is 4.41. The van der Waals surface area contributed by atoms with Crippen LogP contribution in [0.25, 0.3) is 0 Å². The van der Waals surface area contributed by atoms with Crippen molar-refractivity contribution in [1.29, 1.82) is 0 Å². The van der Waals surface area contributed by atoms with Gasteiger partial charge in [-0.15, -0.1) is 23.7 Å². The number of anilines is 1. The summed E-state index contributed by atoms with van der Waals surface area (Å²) in [4.78, 5) is 8.09. The first-order valence-corrected chi connectivity index (χ1v) is 9.08. The summed E-state index contributed by atoms with van der Waals surface area (Å²) in [5, 5.41) is 0.685. The SMILES string of the molecule is Cl.Nc1ncc(CN2CCCC3(CCCc4ccccc43)C2)s1. The van der Waals surface area contributed by atoms with E-state index in [0.29, 0.717) is 10.5 Å². The minimum Gasteiger partial charge on any atom is -0.375 e. The van der Waals surface area contributed by atoms with E-state index in [1.807, 2.05) is 6.20 Å². The Bertz CT molecular complexity index is 672. The minimum atomic E-state index is 0. The Hall–Kier alpha value is -1.10. The highest BCUT2D eigenvalue weighted by molar-refractivity contribution is 7.15. The second kappa shape index (κ2) is 6.80. The smallest absolute Gasteiger partial charge is 0.180 e. The Kier molecular flexibility index (Phi) is 4.95. The molecule has 0 saturated carbocycles. The van der Waals surface area contributed by atoms with Gasteiger partial charge in [0.25, 0.3) is 0 Å². The molecule has 0 bridgehead atoms. The molecule has 1 aliphatic carbocycles. The monoisotopic (exact) mass is 349 g/mol. The van der Waals surface area contributed by atoms with Crippen LogP contribution in [0, 0.1) is 0 Å². The molecule has 23 heavy (non-hydrogen) atoms. The lowest BCUT2D eigenvalue weighted by Gasteiger charge is -2.46. The number of benzene rings is 1. The van der Waals surface area contributed by atoms with Crippen molar-refractivity contribution in [1.82, 2.24) is 9.88 Å². The number of likely N-dealkylation sites (tertiary alicyclic amines) is 1. The molecule has 1 atom stereocenters.